The second kappa shape index (κ2) is 6.84. The Hall–Kier alpha value is -1.70. The third-order valence-corrected chi connectivity index (χ3v) is 4.65. The summed E-state index contributed by atoms with van der Waals surface area (Å²) in [7, 11) is 0. The summed E-state index contributed by atoms with van der Waals surface area (Å²) in [6.45, 7) is 2.29. The van der Waals surface area contributed by atoms with Crippen molar-refractivity contribution in [3.8, 4) is 11.3 Å². The van der Waals surface area contributed by atoms with Gasteiger partial charge in [-0.1, -0.05) is 50.1 Å². The van der Waals surface area contributed by atoms with Gasteiger partial charge in [0.05, 0.1) is 5.69 Å². The Morgan fingerprint density at radius 2 is 1.76 bits per heavy atom. The molecule has 0 spiro atoms. The summed E-state index contributed by atoms with van der Waals surface area (Å²) in [5.74, 6) is 2.54. The number of hydrogen-bond acceptors (Lipinski definition) is 2. The maximum Gasteiger partial charge on any atom is 0.132 e. The first-order chi connectivity index (χ1) is 10.4. The molecule has 1 aliphatic carbocycles. The largest absolute Gasteiger partial charge is 0.241 e. The highest BCUT2D eigenvalue weighted by Gasteiger charge is 2.23. The Morgan fingerprint density at radius 1 is 1.00 bits per heavy atom. The quantitative estimate of drug-likeness (QED) is 0.767. The molecule has 2 nitrogen and oxygen atoms in total. The zero-order chi connectivity index (χ0) is 14.5. The molecule has 0 N–H and O–H groups in total. The molecule has 1 fully saturated rings. The molecule has 1 saturated carbocycles. The van der Waals surface area contributed by atoms with Crippen molar-refractivity contribution < 1.29 is 0 Å². The van der Waals surface area contributed by atoms with Crippen LogP contribution >= 0.6 is 0 Å². The lowest BCUT2D eigenvalue weighted by Crippen LogP contribution is -2.15. The van der Waals surface area contributed by atoms with Crippen LogP contribution in [0.1, 0.15) is 57.2 Å². The Morgan fingerprint density at radius 3 is 2.48 bits per heavy atom. The summed E-state index contributed by atoms with van der Waals surface area (Å²) in [5.41, 5.74) is 2.23. The van der Waals surface area contributed by atoms with E-state index in [0.717, 1.165) is 17.4 Å². The second-order valence-corrected chi connectivity index (χ2v) is 6.17. The Balaban J connectivity index is 1.72. The average Bonchev–Trinajstić information content (AvgIpc) is 2.57. The molecule has 0 aliphatic heterocycles. The van der Waals surface area contributed by atoms with E-state index in [1.165, 1.54) is 44.1 Å². The number of benzene rings is 1. The zero-order valence-corrected chi connectivity index (χ0v) is 12.8. The van der Waals surface area contributed by atoms with E-state index in [1.807, 2.05) is 18.3 Å². The topological polar surface area (TPSA) is 25.8 Å². The van der Waals surface area contributed by atoms with Gasteiger partial charge in [-0.05, 0) is 37.7 Å². The standard InChI is InChI=1S/C19H24N2/c1-2-6-15-9-11-17(12-10-15)19-20-14-13-18(21-19)16-7-4-3-5-8-16/h3-5,7-8,13-15,17H,2,6,9-12H2,1H3. The summed E-state index contributed by atoms with van der Waals surface area (Å²) in [5, 5.41) is 0. The van der Waals surface area contributed by atoms with Gasteiger partial charge in [-0.2, -0.15) is 0 Å². The predicted molar refractivity (Wildman–Crippen MR) is 87.1 cm³/mol. The molecular formula is C19H24N2. The minimum absolute atomic E-state index is 0.557. The van der Waals surface area contributed by atoms with Crippen LogP contribution in [0.15, 0.2) is 42.6 Å². The van der Waals surface area contributed by atoms with Crippen molar-refractivity contribution in [2.45, 2.75) is 51.4 Å². The van der Waals surface area contributed by atoms with Crippen LogP contribution in [0.4, 0.5) is 0 Å². The third kappa shape index (κ3) is 3.49. The van der Waals surface area contributed by atoms with E-state index in [2.05, 4.69) is 36.2 Å². The van der Waals surface area contributed by atoms with Gasteiger partial charge in [-0.15, -0.1) is 0 Å². The normalized spacial score (nSPS) is 22.1. The Bertz CT molecular complexity index is 557. The van der Waals surface area contributed by atoms with Crippen molar-refractivity contribution in [2.75, 3.05) is 0 Å². The van der Waals surface area contributed by atoms with Crippen molar-refractivity contribution in [3.05, 3.63) is 48.4 Å². The molecule has 0 atom stereocenters. The maximum atomic E-state index is 4.83. The maximum absolute atomic E-state index is 4.83. The lowest BCUT2D eigenvalue weighted by atomic mass is 9.80. The molecule has 0 radical (unpaired) electrons. The lowest BCUT2D eigenvalue weighted by molar-refractivity contribution is 0.302. The number of rotatable bonds is 4. The molecule has 0 unspecified atom stereocenters. The molecule has 1 aliphatic rings. The molecule has 0 amide bonds. The van der Waals surface area contributed by atoms with Gasteiger partial charge in [0.1, 0.15) is 5.82 Å². The summed E-state index contributed by atoms with van der Waals surface area (Å²) < 4.78 is 0. The number of aromatic nitrogens is 2. The van der Waals surface area contributed by atoms with Crippen LogP contribution < -0.4 is 0 Å². The molecule has 0 bridgehead atoms. The Kier molecular flexibility index (Phi) is 4.64. The van der Waals surface area contributed by atoms with Crippen LogP contribution in [-0.4, -0.2) is 9.97 Å². The van der Waals surface area contributed by atoms with Crippen LogP contribution in [0.3, 0.4) is 0 Å². The summed E-state index contributed by atoms with van der Waals surface area (Å²) >= 11 is 0. The highest BCUT2D eigenvalue weighted by atomic mass is 14.9. The number of hydrogen-bond donors (Lipinski definition) is 0. The van der Waals surface area contributed by atoms with Crippen LogP contribution in [0, 0.1) is 5.92 Å². The monoisotopic (exact) mass is 280 g/mol. The van der Waals surface area contributed by atoms with E-state index in [0.29, 0.717) is 5.92 Å². The molecular weight excluding hydrogens is 256 g/mol. The molecule has 1 aromatic heterocycles. The molecule has 3 rings (SSSR count). The molecule has 1 aromatic carbocycles. The van der Waals surface area contributed by atoms with E-state index in [4.69, 9.17) is 4.98 Å². The van der Waals surface area contributed by atoms with E-state index in [-0.39, 0.29) is 0 Å². The first-order valence-corrected chi connectivity index (χ1v) is 8.25. The fourth-order valence-electron chi connectivity index (χ4n) is 3.46. The van der Waals surface area contributed by atoms with Crippen LogP contribution in [0.5, 0.6) is 0 Å². The molecule has 110 valence electrons. The average molecular weight is 280 g/mol. The molecule has 21 heavy (non-hydrogen) atoms. The SMILES string of the molecule is CCCC1CCC(c2nccc(-c3ccccc3)n2)CC1. The van der Waals surface area contributed by atoms with Crippen molar-refractivity contribution in [2.24, 2.45) is 5.92 Å². The lowest BCUT2D eigenvalue weighted by Gasteiger charge is -2.27. The van der Waals surface area contributed by atoms with Gasteiger partial charge in [-0.3, -0.25) is 0 Å². The molecule has 0 saturated heterocycles. The van der Waals surface area contributed by atoms with E-state index >= 15 is 0 Å². The smallest absolute Gasteiger partial charge is 0.132 e. The summed E-state index contributed by atoms with van der Waals surface area (Å²) in [6, 6.07) is 12.4. The van der Waals surface area contributed by atoms with Crippen molar-refractivity contribution in [1.82, 2.24) is 9.97 Å². The van der Waals surface area contributed by atoms with Crippen LogP contribution in [-0.2, 0) is 0 Å². The van der Waals surface area contributed by atoms with Gasteiger partial charge >= 0.3 is 0 Å². The summed E-state index contributed by atoms with van der Waals surface area (Å²) in [6.07, 6.45) is 9.82. The van der Waals surface area contributed by atoms with Crippen LogP contribution in [0.2, 0.25) is 0 Å². The van der Waals surface area contributed by atoms with Gasteiger partial charge in [0.2, 0.25) is 0 Å². The minimum atomic E-state index is 0.557. The van der Waals surface area contributed by atoms with E-state index < -0.39 is 0 Å². The van der Waals surface area contributed by atoms with Gasteiger partial charge in [0.25, 0.3) is 0 Å². The summed E-state index contributed by atoms with van der Waals surface area (Å²) in [4.78, 5) is 9.38. The van der Waals surface area contributed by atoms with E-state index in [1.54, 1.807) is 0 Å². The third-order valence-electron chi connectivity index (χ3n) is 4.65. The van der Waals surface area contributed by atoms with Gasteiger partial charge in [0.15, 0.2) is 0 Å². The van der Waals surface area contributed by atoms with Crippen molar-refractivity contribution >= 4 is 0 Å². The van der Waals surface area contributed by atoms with Crippen molar-refractivity contribution in [1.29, 1.82) is 0 Å². The van der Waals surface area contributed by atoms with Crippen molar-refractivity contribution in [3.63, 3.8) is 0 Å². The highest BCUT2D eigenvalue weighted by Crippen LogP contribution is 2.36. The van der Waals surface area contributed by atoms with Gasteiger partial charge in [0, 0.05) is 17.7 Å². The first-order valence-electron chi connectivity index (χ1n) is 8.25. The molecule has 1 heterocycles. The highest BCUT2D eigenvalue weighted by molar-refractivity contribution is 5.58. The van der Waals surface area contributed by atoms with Crippen LogP contribution in [0.25, 0.3) is 11.3 Å². The first kappa shape index (κ1) is 14.2. The molecule has 2 heteroatoms. The molecule has 2 aromatic rings. The fourth-order valence-corrected chi connectivity index (χ4v) is 3.46. The Labute approximate surface area is 127 Å². The van der Waals surface area contributed by atoms with E-state index in [9.17, 15) is 0 Å². The van der Waals surface area contributed by atoms with Gasteiger partial charge < -0.3 is 0 Å². The fraction of sp³-hybridized carbons (Fsp3) is 0.474. The minimum Gasteiger partial charge on any atom is -0.241 e. The number of nitrogens with zero attached hydrogens (tertiary/aromatic N) is 2. The second-order valence-electron chi connectivity index (χ2n) is 6.17. The van der Waals surface area contributed by atoms with Gasteiger partial charge in [-0.25, -0.2) is 9.97 Å². The predicted octanol–water partition coefficient (Wildman–Crippen LogP) is 5.22. The zero-order valence-electron chi connectivity index (χ0n) is 12.8.